The van der Waals surface area contributed by atoms with Gasteiger partial charge in [0.05, 0.1) is 29.8 Å². The topological polar surface area (TPSA) is 108 Å². The standard InChI is InChI=1S/C31H37ClN4O6S/c1-34-24-10-12-35(16-24)29(37)33-43(39,40)25-7-9-28-27(14-25)36(15-21-4-5-22(21)17-41-30(34)38)18-31(19-42-28)11-2-3-20-13-23(32)6-8-26(20)31/h6-9,13-14,21-22,24H,2-5,10-12,15-19H2,1H3,(H,33,37)/t21-,22-,24-,31-/m0/s1. The van der Waals surface area contributed by atoms with Crippen LogP contribution in [0.4, 0.5) is 15.3 Å². The predicted octanol–water partition coefficient (Wildman–Crippen LogP) is 4.39. The summed E-state index contributed by atoms with van der Waals surface area (Å²) in [4.78, 5) is 31.3. The van der Waals surface area contributed by atoms with Gasteiger partial charge < -0.3 is 24.2 Å². The molecule has 2 fully saturated rings. The minimum atomic E-state index is -4.17. The van der Waals surface area contributed by atoms with Crippen molar-refractivity contribution in [2.75, 3.05) is 51.3 Å². The molecule has 1 N–H and O–H groups in total. The smallest absolute Gasteiger partial charge is 0.409 e. The number of sulfonamides is 1. The van der Waals surface area contributed by atoms with Gasteiger partial charge >= 0.3 is 12.1 Å². The fourth-order valence-electron chi connectivity index (χ4n) is 7.55. The number of benzene rings is 2. The van der Waals surface area contributed by atoms with Crippen LogP contribution >= 0.6 is 11.6 Å². The van der Waals surface area contributed by atoms with Crippen LogP contribution in [0.1, 0.15) is 43.2 Å². The summed E-state index contributed by atoms with van der Waals surface area (Å²) in [6.07, 6.45) is 4.98. The molecule has 0 aromatic heterocycles. The van der Waals surface area contributed by atoms with Crippen molar-refractivity contribution in [3.8, 4) is 5.75 Å². The number of halogens is 1. The number of nitrogens with zero attached hydrogens (tertiary/aromatic N) is 3. The molecule has 12 heteroatoms. The average Bonchev–Trinajstić information content (AvgIpc) is 3.41. The second-order valence-corrected chi connectivity index (χ2v) is 14.9. The van der Waals surface area contributed by atoms with Gasteiger partial charge in [-0.25, -0.2) is 22.7 Å². The molecular weight excluding hydrogens is 592 g/mol. The van der Waals surface area contributed by atoms with Crippen LogP contribution in [0.25, 0.3) is 0 Å². The summed E-state index contributed by atoms with van der Waals surface area (Å²) >= 11 is 6.38. The van der Waals surface area contributed by atoms with Crippen LogP contribution in [0.15, 0.2) is 41.3 Å². The van der Waals surface area contributed by atoms with Gasteiger partial charge in [0, 0.05) is 43.7 Å². The molecule has 2 aromatic carbocycles. The second kappa shape index (κ2) is 10.8. The summed E-state index contributed by atoms with van der Waals surface area (Å²) in [7, 11) is -2.49. The quantitative estimate of drug-likeness (QED) is 0.461. The number of nitrogens with one attached hydrogen (secondary N) is 1. The molecular formula is C31H37ClN4O6S. The van der Waals surface area contributed by atoms with Crippen LogP contribution in [-0.2, 0) is 26.6 Å². The molecule has 2 aromatic rings. The second-order valence-electron chi connectivity index (χ2n) is 12.8. The molecule has 2 aliphatic carbocycles. The van der Waals surface area contributed by atoms with Crippen molar-refractivity contribution in [3.63, 3.8) is 0 Å². The van der Waals surface area contributed by atoms with E-state index in [9.17, 15) is 18.0 Å². The van der Waals surface area contributed by atoms with E-state index in [4.69, 9.17) is 21.1 Å². The fourth-order valence-corrected chi connectivity index (χ4v) is 8.74. The van der Waals surface area contributed by atoms with Crippen molar-refractivity contribution >= 4 is 39.4 Å². The zero-order valence-corrected chi connectivity index (χ0v) is 25.8. The highest BCUT2D eigenvalue weighted by Gasteiger charge is 2.44. The molecule has 4 bridgehead atoms. The number of likely N-dealkylation sites (N-methyl/N-ethyl adjacent to an activating group) is 1. The van der Waals surface area contributed by atoms with Gasteiger partial charge in [-0.1, -0.05) is 17.7 Å². The molecule has 4 atom stereocenters. The minimum absolute atomic E-state index is 0.0147. The number of amides is 3. The Labute approximate surface area is 257 Å². The molecule has 5 aliphatic rings. The molecule has 230 valence electrons. The molecule has 3 aliphatic heterocycles. The Kier molecular flexibility index (Phi) is 7.16. The largest absolute Gasteiger partial charge is 0.490 e. The number of carbonyl (C=O) groups excluding carboxylic acids is 2. The van der Waals surface area contributed by atoms with Gasteiger partial charge in [-0.15, -0.1) is 0 Å². The van der Waals surface area contributed by atoms with Gasteiger partial charge in [0.25, 0.3) is 10.0 Å². The fraction of sp³-hybridized carbons (Fsp3) is 0.548. The number of ether oxygens (including phenoxy) is 2. The highest BCUT2D eigenvalue weighted by atomic mass is 35.5. The summed E-state index contributed by atoms with van der Waals surface area (Å²) in [5.41, 5.74) is 2.85. The Morgan fingerprint density at radius 1 is 1.00 bits per heavy atom. The number of aryl methyl sites for hydroxylation is 1. The van der Waals surface area contributed by atoms with Crippen LogP contribution in [0.5, 0.6) is 5.75 Å². The maximum Gasteiger partial charge on any atom is 0.409 e. The molecule has 1 saturated carbocycles. The Bertz CT molecular complexity index is 1570. The first-order chi connectivity index (χ1) is 20.6. The predicted molar refractivity (Wildman–Crippen MR) is 161 cm³/mol. The Hall–Kier alpha value is -3.18. The van der Waals surface area contributed by atoms with Crippen LogP contribution in [0, 0.1) is 11.8 Å². The van der Waals surface area contributed by atoms with Gasteiger partial charge in [-0.05, 0) is 91.8 Å². The van der Waals surface area contributed by atoms with Gasteiger partial charge in [-0.3, -0.25) is 0 Å². The van der Waals surface area contributed by atoms with Crippen molar-refractivity contribution in [2.45, 2.75) is 54.9 Å². The zero-order valence-electron chi connectivity index (χ0n) is 24.3. The van der Waals surface area contributed by atoms with Crippen molar-refractivity contribution in [1.29, 1.82) is 0 Å². The van der Waals surface area contributed by atoms with E-state index in [0.717, 1.165) is 32.1 Å². The normalized spacial score (nSPS) is 30.2. The third kappa shape index (κ3) is 5.18. The molecule has 43 heavy (non-hydrogen) atoms. The number of fused-ring (bicyclic) bond motifs is 6. The molecule has 3 amide bonds. The van der Waals surface area contributed by atoms with E-state index in [1.807, 2.05) is 6.07 Å². The average molecular weight is 629 g/mol. The monoisotopic (exact) mass is 628 g/mol. The number of hydrogen-bond acceptors (Lipinski definition) is 7. The van der Waals surface area contributed by atoms with Crippen molar-refractivity contribution in [2.24, 2.45) is 11.8 Å². The summed E-state index contributed by atoms with van der Waals surface area (Å²) in [6, 6.07) is 10.0. The first kappa shape index (κ1) is 28.6. The van der Waals surface area contributed by atoms with E-state index in [0.29, 0.717) is 55.7 Å². The molecule has 1 spiro atoms. The van der Waals surface area contributed by atoms with Gasteiger partial charge in [0.2, 0.25) is 0 Å². The summed E-state index contributed by atoms with van der Waals surface area (Å²) in [5.74, 6) is 1.10. The minimum Gasteiger partial charge on any atom is -0.490 e. The lowest BCUT2D eigenvalue weighted by Gasteiger charge is -2.44. The third-order valence-corrected chi connectivity index (χ3v) is 11.8. The van der Waals surface area contributed by atoms with Crippen molar-refractivity contribution in [1.82, 2.24) is 14.5 Å². The van der Waals surface area contributed by atoms with Crippen LogP contribution in [-0.4, -0.2) is 82.8 Å². The van der Waals surface area contributed by atoms with E-state index in [2.05, 4.69) is 21.8 Å². The van der Waals surface area contributed by atoms with Gasteiger partial charge in [0.1, 0.15) is 5.75 Å². The van der Waals surface area contributed by atoms with Crippen molar-refractivity contribution < 1.29 is 27.5 Å². The van der Waals surface area contributed by atoms with Gasteiger partial charge in [0.15, 0.2) is 0 Å². The van der Waals surface area contributed by atoms with Crippen LogP contribution in [0.3, 0.4) is 0 Å². The van der Waals surface area contributed by atoms with E-state index in [1.165, 1.54) is 27.0 Å². The van der Waals surface area contributed by atoms with Crippen LogP contribution < -0.4 is 14.4 Å². The van der Waals surface area contributed by atoms with Gasteiger partial charge in [-0.2, -0.15) is 0 Å². The lowest BCUT2D eigenvalue weighted by Crippen LogP contribution is -2.49. The summed E-state index contributed by atoms with van der Waals surface area (Å²) in [5, 5.41) is 0.716. The van der Waals surface area contributed by atoms with E-state index < -0.39 is 22.1 Å². The number of anilines is 1. The van der Waals surface area contributed by atoms with Crippen LogP contribution in [0.2, 0.25) is 5.02 Å². The highest BCUT2D eigenvalue weighted by molar-refractivity contribution is 7.90. The number of cyclic esters (lactones) is 1. The molecule has 0 radical (unpaired) electrons. The van der Waals surface area contributed by atoms with E-state index in [1.54, 1.807) is 19.2 Å². The Morgan fingerprint density at radius 3 is 2.65 bits per heavy atom. The first-order valence-corrected chi connectivity index (χ1v) is 17.0. The third-order valence-electron chi connectivity index (χ3n) is 10.3. The molecule has 7 rings (SSSR count). The Morgan fingerprint density at radius 2 is 1.84 bits per heavy atom. The first-order valence-electron chi connectivity index (χ1n) is 15.1. The lowest BCUT2D eigenvalue weighted by atomic mass is 9.69. The molecule has 3 heterocycles. The summed E-state index contributed by atoms with van der Waals surface area (Å²) < 4.78 is 41.6. The zero-order chi connectivity index (χ0) is 29.9. The SMILES string of the molecule is CN1C(=O)OC[C@@H]2CC[C@H]2CN2C[C@@]3(CCCc4cc(Cl)ccc43)COc3ccc(cc32)S(=O)(=O)NC(=O)N2CC[C@H]1C2. The molecule has 10 nitrogen and oxygen atoms in total. The highest BCUT2D eigenvalue weighted by Crippen LogP contribution is 2.46. The van der Waals surface area contributed by atoms with E-state index in [-0.39, 0.29) is 34.7 Å². The maximum atomic E-state index is 13.5. The Balaban J connectivity index is 1.28. The maximum absolute atomic E-state index is 13.5. The number of urea groups is 1. The van der Waals surface area contributed by atoms with Crippen molar-refractivity contribution in [3.05, 3.63) is 52.5 Å². The number of rotatable bonds is 0. The summed E-state index contributed by atoms with van der Waals surface area (Å²) in [6.45, 7) is 2.69. The lowest BCUT2D eigenvalue weighted by molar-refractivity contribution is 0.0441. The molecule has 1 saturated heterocycles. The number of hydrogen-bond donors (Lipinski definition) is 1. The number of carbonyl (C=O) groups is 2. The molecule has 0 unspecified atom stereocenters. The van der Waals surface area contributed by atoms with E-state index >= 15 is 0 Å².